The fourth-order valence-corrected chi connectivity index (χ4v) is 3.44. The van der Waals surface area contributed by atoms with Crippen LogP contribution in [-0.4, -0.2) is 44.5 Å². The Labute approximate surface area is 143 Å². The van der Waals surface area contributed by atoms with Gasteiger partial charge in [-0.2, -0.15) is 0 Å². The van der Waals surface area contributed by atoms with Crippen molar-refractivity contribution in [2.24, 2.45) is 5.92 Å². The second-order valence-electron chi connectivity index (χ2n) is 5.96. The zero-order valence-corrected chi connectivity index (χ0v) is 14.9. The van der Waals surface area contributed by atoms with Gasteiger partial charge in [0.05, 0.1) is 6.26 Å². The van der Waals surface area contributed by atoms with E-state index in [2.05, 4.69) is 5.32 Å². The number of halogens is 1. The van der Waals surface area contributed by atoms with Gasteiger partial charge in [-0.25, -0.2) is 12.7 Å². The molecule has 1 aromatic rings. The van der Waals surface area contributed by atoms with Crippen LogP contribution in [-0.2, 0) is 21.2 Å². The molecule has 23 heavy (non-hydrogen) atoms. The van der Waals surface area contributed by atoms with E-state index in [0.717, 1.165) is 24.8 Å². The van der Waals surface area contributed by atoms with Crippen LogP contribution in [0, 0.1) is 5.92 Å². The predicted molar refractivity (Wildman–Crippen MR) is 91.9 cm³/mol. The first-order valence-corrected chi connectivity index (χ1v) is 10.1. The number of carbonyl (C=O) groups is 1. The summed E-state index contributed by atoms with van der Waals surface area (Å²) in [6.07, 6.45) is 4.80. The molecule has 5 nitrogen and oxygen atoms in total. The first-order chi connectivity index (χ1) is 10.9. The molecule has 1 aromatic carbocycles. The number of carbonyl (C=O) groups excluding carboxylic acids is 1. The molecule has 0 saturated heterocycles. The maximum absolute atomic E-state index is 11.9. The van der Waals surface area contributed by atoms with Crippen LogP contribution in [0.15, 0.2) is 24.3 Å². The molecule has 0 heterocycles. The Morgan fingerprint density at radius 1 is 1.26 bits per heavy atom. The van der Waals surface area contributed by atoms with Crippen LogP contribution < -0.4 is 5.32 Å². The van der Waals surface area contributed by atoms with Crippen molar-refractivity contribution in [2.75, 3.05) is 25.9 Å². The number of benzene rings is 1. The summed E-state index contributed by atoms with van der Waals surface area (Å²) in [6, 6.07) is 7.36. The van der Waals surface area contributed by atoms with Crippen molar-refractivity contribution in [1.29, 1.82) is 0 Å². The fraction of sp³-hybridized carbons (Fsp3) is 0.562. The lowest BCUT2D eigenvalue weighted by Crippen LogP contribution is -2.41. The molecule has 0 aliphatic heterocycles. The van der Waals surface area contributed by atoms with Gasteiger partial charge in [0, 0.05) is 30.6 Å². The van der Waals surface area contributed by atoms with Crippen LogP contribution in [0.3, 0.4) is 0 Å². The normalized spacial score (nSPS) is 15.4. The molecule has 1 amide bonds. The highest BCUT2D eigenvalue weighted by molar-refractivity contribution is 7.88. The van der Waals surface area contributed by atoms with Gasteiger partial charge in [0.25, 0.3) is 0 Å². The maximum Gasteiger partial charge on any atom is 0.223 e. The Balaban J connectivity index is 1.82. The number of rotatable bonds is 8. The fourth-order valence-electron chi connectivity index (χ4n) is 2.47. The summed E-state index contributed by atoms with van der Waals surface area (Å²) in [5.41, 5.74) is 1.03. The van der Waals surface area contributed by atoms with E-state index < -0.39 is 10.0 Å². The molecule has 128 valence electrons. The van der Waals surface area contributed by atoms with Gasteiger partial charge in [0.1, 0.15) is 0 Å². The SMILES string of the molecule is CS(=O)(=O)N(CCNC(=O)C1CCC1)CCc1ccc(Cl)cc1. The highest BCUT2D eigenvalue weighted by Crippen LogP contribution is 2.26. The van der Waals surface area contributed by atoms with E-state index in [9.17, 15) is 13.2 Å². The average Bonchev–Trinajstić information content (AvgIpc) is 2.41. The monoisotopic (exact) mass is 358 g/mol. The van der Waals surface area contributed by atoms with Crippen LogP contribution in [0.1, 0.15) is 24.8 Å². The molecule has 7 heteroatoms. The molecule has 0 unspecified atom stereocenters. The van der Waals surface area contributed by atoms with Crippen molar-refractivity contribution in [3.8, 4) is 0 Å². The van der Waals surface area contributed by atoms with Crippen LogP contribution in [0.5, 0.6) is 0 Å². The topological polar surface area (TPSA) is 66.5 Å². The Morgan fingerprint density at radius 3 is 2.43 bits per heavy atom. The first-order valence-electron chi connectivity index (χ1n) is 7.83. The van der Waals surface area contributed by atoms with E-state index in [1.165, 1.54) is 10.6 Å². The largest absolute Gasteiger partial charge is 0.355 e. The van der Waals surface area contributed by atoms with Gasteiger partial charge >= 0.3 is 0 Å². The Kier molecular flexibility index (Phi) is 6.44. The molecule has 1 saturated carbocycles. The van der Waals surface area contributed by atoms with Crippen molar-refractivity contribution in [1.82, 2.24) is 9.62 Å². The van der Waals surface area contributed by atoms with Gasteiger partial charge < -0.3 is 5.32 Å². The Morgan fingerprint density at radius 2 is 1.91 bits per heavy atom. The van der Waals surface area contributed by atoms with E-state index >= 15 is 0 Å². The number of nitrogens with one attached hydrogen (secondary N) is 1. The van der Waals surface area contributed by atoms with E-state index in [1.807, 2.05) is 12.1 Å². The van der Waals surface area contributed by atoms with Crippen molar-refractivity contribution in [3.05, 3.63) is 34.9 Å². The zero-order valence-electron chi connectivity index (χ0n) is 13.3. The lowest BCUT2D eigenvalue weighted by molar-refractivity contribution is -0.127. The highest BCUT2D eigenvalue weighted by Gasteiger charge is 2.25. The smallest absolute Gasteiger partial charge is 0.223 e. The van der Waals surface area contributed by atoms with Gasteiger partial charge in [-0.1, -0.05) is 30.2 Å². The zero-order chi connectivity index (χ0) is 16.9. The molecule has 0 aromatic heterocycles. The molecular formula is C16H23ClN2O3S. The third kappa shape index (κ3) is 5.79. The number of sulfonamides is 1. The third-order valence-electron chi connectivity index (χ3n) is 4.17. The first kappa shape index (κ1) is 18.2. The number of hydrogen-bond donors (Lipinski definition) is 1. The summed E-state index contributed by atoms with van der Waals surface area (Å²) in [6.45, 7) is 1.04. The molecule has 1 aliphatic rings. The van der Waals surface area contributed by atoms with Crippen LogP contribution in [0.25, 0.3) is 0 Å². The Hall–Kier alpha value is -1.11. The summed E-state index contributed by atoms with van der Waals surface area (Å²) in [5, 5.41) is 3.49. The highest BCUT2D eigenvalue weighted by atomic mass is 35.5. The average molecular weight is 359 g/mol. The lowest BCUT2D eigenvalue weighted by Gasteiger charge is -2.25. The van der Waals surface area contributed by atoms with E-state index in [-0.39, 0.29) is 11.8 Å². The standard InChI is InChI=1S/C16H23ClN2O3S/c1-23(21,22)19(11-9-13-5-7-15(17)8-6-13)12-10-18-16(20)14-3-2-4-14/h5-8,14H,2-4,9-12H2,1H3,(H,18,20). The summed E-state index contributed by atoms with van der Waals surface area (Å²) in [5.74, 6) is 0.165. The number of nitrogens with zero attached hydrogens (tertiary/aromatic N) is 1. The van der Waals surface area contributed by atoms with Crippen molar-refractivity contribution >= 4 is 27.5 Å². The molecule has 2 rings (SSSR count). The molecule has 1 fully saturated rings. The van der Waals surface area contributed by atoms with E-state index in [4.69, 9.17) is 11.6 Å². The molecule has 0 radical (unpaired) electrons. The summed E-state index contributed by atoms with van der Waals surface area (Å²) < 4.78 is 25.2. The minimum atomic E-state index is -3.30. The summed E-state index contributed by atoms with van der Waals surface area (Å²) in [4.78, 5) is 11.8. The molecule has 1 aliphatic carbocycles. The van der Waals surface area contributed by atoms with Crippen LogP contribution in [0.2, 0.25) is 5.02 Å². The second kappa shape index (κ2) is 8.13. The lowest BCUT2D eigenvalue weighted by atomic mass is 9.85. The minimum absolute atomic E-state index is 0.0439. The molecule has 0 bridgehead atoms. The minimum Gasteiger partial charge on any atom is -0.355 e. The van der Waals surface area contributed by atoms with Crippen LogP contribution in [0.4, 0.5) is 0 Å². The molecule has 0 spiro atoms. The summed E-state index contributed by atoms with van der Waals surface area (Å²) in [7, 11) is -3.30. The number of hydrogen-bond acceptors (Lipinski definition) is 3. The second-order valence-corrected chi connectivity index (χ2v) is 8.38. The van der Waals surface area contributed by atoms with Crippen molar-refractivity contribution in [2.45, 2.75) is 25.7 Å². The van der Waals surface area contributed by atoms with Gasteiger partial charge in [0.2, 0.25) is 15.9 Å². The molecule has 0 atom stereocenters. The summed E-state index contributed by atoms with van der Waals surface area (Å²) >= 11 is 5.84. The van der Waals surface area contributed by atoms with Gasteiger partial charge in [-0.15, -0.1) is 0 Å². The predicted octanol–water partition coefficient (Wildman–Crippen LogP) is 2.06. The quantitative estimate of drug-likeness (QED) is 0.773. The van der Waals surface area contributed by atoms with E-state index in [1.54, 1.807) is 12.1 Å². The van der Waals surface area contributed by atoms with Crippen molar-refractivity contribution in [3.63, 3.8) is 0 Å². The van der Waals surface area contributed by atoms with Gasteiger partial charge in [-0.05, 0) is 37.0 Å². The number of amides is 1. The van der Waals surface area contributed by atoms with Gasteiger partial charge in [-0.3, -0.25) is 4.79 Å². The maximum atomic E-state index is 11.9. The van der Waals surface area contributed by atoms with Gasteiger partial charge in [0.15, 0.2) is 0 Å². The van der Waals surface area contributed by atoms with Crippen LogP contribution >= 0.6 is 11.6 Å². The molecule has 1 N–H and O–H groups in total. The van der Waals surface area contributed by atoms with Crippen molar-refractivity contribution < 1.29 is 13.2 Å². The third-order valence-corrected chi connectivity index (χ3v) is 5.72. The Bertz CT molecular complexity index is 627. The van der Waals surface area contributed by atoms with E-state index in [0.29, 0.717) is 31.1 Å². The molecular weight excluding hydrogens is 336 g/mol.